The molecule has 0 radical (unpaired) electrons. The highest BCUT2D eigenvalue weighted by atomic mass is 32.2. The number of hydrogen-bond acceptors (Lipinski definition) is 1. The van der Waals surface area contributed by atoms with Crippen LogP contribution in [-0.4, -0.2) is 4.57 Å². The summed E-state index contributed by atoms with van der Waals surface area (Å²) in [4.78, 5) is 2.35. The largest absolute Gasteiger partial charge is 0.302 e. The number of nitrogens with zero attached hydrogens (tertiary/aromatic N) is 1. The van der Waals surface area contributed by atoms with Crippen LogP contribution in [0.15, 0.2) is 271 Å². The van der Waals surface area contributed by atoms with Gasteiger partial charge in [-0.05, 0) is 106 Å². The van der Waals surface area contributed by atoms with Crippen molar-refractivity contribution in [2.45, 2.75) is 13.3 Å². The second-order valence-corrected chi connectivity index (χ2v) is 17.3. The summed E-state index contributed by atoms with van der Waals surface area (Å²) in [5.41, 5.74) is 37.6. The minimum absolute atomic E-state index is 0.496. The molecule has 0 amide bonds. The van der Waals surface area contributed by atoms with E-state index in [-0.39, 0.29) is 0 Å². The van der Waals surface area contributed by atoms with Gasteiger partial charge in [0.05, 0.1) is 21.6 Å². The molecule has 4 bridgehead atoms. The summed E-state index contributed by atoms with van der Waals surface area (Å²) in [5, 5.41) is 2.40. The molecule has 1 nitrogen and oxygen atoms in total. The van der Waals surface area contributed by atoms with Gasteiger partial charge in [-0.2, -0.15) is 0 Å². The number of thioether (sulfide) groups is 1. The fourth-order valence-corrected chi connectivity index (χ4v) is 10.6. The minimum Gasteiger partial charge on any atom is -0.302 e. The van der Waals surface area contributed by atoms with E-state index in [9.17, 15) is 0 Å². The van der Waals surface area contributed by atoms with Gasteiger partial charge in [-0.15, -0.1) is 17.2 Å². The number of hydrogen-bond donors (Lipinski definition) is 0. The number of para-hydroxylation sites is 1. The zero-order valence-electron chi connectivity index (χ0n) is 34.0. The summed E-state index contributed by atoms with van der Waals surface area (Å²) in [6.45, 7) is 2.29. The summed E-state index contributed by atoms with van der Waals surface area (Å²) in [6, 6.07) is 24.3. The van der Waals surface area contributed by atoms with Crippen LogP contribution in [0.1, 0.15) is 30.0 Å². The van der Waals surface area contributed by atoms with Crippen molar-refractivity contribution < 1.29 is 0 Å². The molecule has 0 N–H and O–H groups in total. The van der Waals surface area contributed by atoms with Crippen molar-refractivity contribution in [1.29, 1.82) is 0 Å². The summed E-state index contributed by atoms with van der Waals surface area (Å²) < 4.78 is 2.36. The molecule has 7 aliphatic carbocycles. The second-order valence-electron chi connectivity index (χ2n) is 16.3. The zero-order chi connectivity index (χ0) is 41.1. The fourth-order valence-electron chi connectivity index (χ4n) is 9.40. The van der Waals surface area contributed by atoms with Crippen molar-refractivity contribution >= 4 is 56.0 Å². The Labute approximate surface area is 366 Å². The van der Waals surface area contributed by atoms with Gasteiger partial charge in [0.15, 0.2) is 0 Å². The van der Waals surface area contributed by atoms with Crippen molar-refractivity contribution in [3.05, 3.63) is 288 Å². The van der Waals surface area contributed by atoms with Gasteiger partial charge >= 0.3 is 0 Å². The molecule has 2 heteroatoms. The van der Waals surface area contributed by atoms with E-state index >= 15 is 0 Å². The molecule has 0 fully saturated rings. The molecule has 0 saturated heterocycles. The minimum atomic E-state index is 0.496. The molecule has 3 aromatic carbocycles. The number of aromatic nitrogens is 1. The van der Waals surface area contributed by atoms with Gasteiger partial charge in [-0.25, -0.2) is 0 Å². The number of rotatable bonds is 4. The van der Waals surface area contributed by atoms with Crippen LogP contribution in [0.4, 0.5) is 0 Å². The average molecular weight is 804 g/mol. The Morgan fingerprint density at radius 3 is 2.35 bits per heavy atom. The van der Waals surface area contributed by atoms with E-state index in [1.165, 1.54) is 26.8 Å². The Balaban J connectivity index is 0.938. The van der Waals surface area contributed by atoms with Crippen LogP contribution >= 0.6 is 11.8 Å². The molecule has 288 valence electrons. The first-order chi connectivity index (χ1) is 30.6. The van der Waals surface area contributed by atoms with E-state index < -0.39 is 0 Å². The molecule has 0 spiro atoms. The van der Waals surface area contributed by atoms with Crippen molar-refractivity contribution in [2.24, 2.45) is 5.92 Å². The van der Waals surface area contributed by atoms with Crippen molar-refractivity contribution in [2.75, 3.05) is 0 Å². The standard InChI is InChI=1S/C60H37NS/c1-39-15-13-17-42(33-39)51-22-8-9-23-52-43-18-14-27-50(59(38-43)62-60(51)52)45-31-32-58-56(37-45)55-26-11-12-28-57(55)61(58)47-19-6-5-16-40(36-47)41-29-30-44-35-46(34-41)49-21-7-10-25-54(49)53-24-4-2-3-20-48(44)53/h2-14,16-18,20-21,23,25-34,36-37,39H,15H2,1H3. The lowest BCUT2D eigenvalue weighted by molar-refractivity contribution is 0.731. The van der Waals surface area contributed by atoms with Gasteiger partial charge in [0.25, 0.3) is 0 Å². The van der Waals surface area contributed by atoms with Gasteiger partial charge in [-0.1, -0.05) is 158 Å². The van der Waals surface area contributed by atoms with Crippen LogP contribution in [0.5, 0.6) is 0 Å². The highest BCUT2D eigenvalue weighted by Crippen LogP contribution is 2.49. The van der Waals surface area contributed by atoms with Crippen LogP contribution in [0.3, 0.4) is 0 Å². The van der Waals surface area contributed by atoms with Crippen LogP contribution < -0.4 is 0 Å². The van der Waals surface area contributed by atoms with Gasteiger partial charge < -0.3 is 4.57 Å². The maximum absolute atomic E-state index is 3.82. The molecular weight excluding hydrogens is 767 g/mol. The first kappa shape index (κ1) is 36.2. The van der Waals surface area contributed by atoms with Gasteiger partial charge in [0.2, 0.25) is 0 Å². The van der Waals surface area contributed by atoms with Crippen molar-refractivity contribution in [3.63, 3.8) is 0 Å². The van der Waals surface area contributed by atoms with Gasteiger partial charge in [0.1, 0.15) is 0 Å². The average Bonchev–Trinajstić information content (AvgIpc) is 3.82. The molecule has 1 aromatic heterocycles. The number of allylic oxidation sites excluding steroid dienone is 27. The quantitative estimate of drug-likeness (QED) is 0.186. The predicted molar refractivity (Wildman–Crippen MR) is 261 cm³/mol. The molecule has 2 heterocycles. The molecule has 62 heavy (non-hydrogen) atoms. The smallest absolute Gasteiger partial charge is 0.0897 e. The lowest BCUT2D eigenvalue weighted by Crippen LogP contribution is -2.02. The Morgan fingerprint density at radius 2 is 1.40 bits per heavy atom. The second kappa shape index (κ2) is 14.8. The topological polar surface area (TPSA) is 4.93 Å². The first-order valence-corrected chi connectivity index (χ1v) is 22.1. The van der Waals surface area contributed by atoms with Crippen LogP contribution in [0.2, 0.25) is 0 Å². The van der Waals surface area contributed by atoms with Crippen LogP contribution in [0.25, 0.3) is 44.2 Å². The van der Waals surface area contributed by atoms with Crippen LogP contribution in [-0.2, 0) is 0 Å². The molecule has 1 aliphatic heterocycles. The Hall–Kier alpha value is -7.71. The van der Waals surface area contributed by atoms with E-state index in [2.05, 4.69) is 204 Å². The Bertz CT molecular complexity index is 3560. The summed E-state index contributed by atoms with van der Waals surface area (Å²) in [6.07, 6.45) is 44.6. The Kier molecular flexibility index (Phi) is 8.62. The fraction of sp³-hybridized carbons (Fsp3) is 0.0500. The zero-order valence-corrected chi connectivity index (χ0v) is 34.9. The van der Waals surface area contributed by atoms with E-state index in [0.29, 0.717) is 5.92 Å². The molecule has 0 saturated carbocycles. The number of fused-ring (bicyclic) bond motifs is 9. The molecular formula is C60H37NS. The maximum atomic E-state index is 3.82. The number of benzene rings is 3. The molecule has 1 atom stereocenters. The molecule has 12 rings (SSSR count). The van der Waals surface area contributed by atoms with Crippen LogP contribution in [0, 0.1) is 5.92 Å². The SMILES string of the molecule is CC1C=C(C2=C=CC=CC3=C2SC2=C=C3C=CC=C2c2ccc3c(c2)c2ccccc2n3C2=C=CC=CC(C3=CC4=C=C(C=C3)C3=CC=CC=C=C3c3ccccc34)=C2)C=CC1. The summed E-state index contributed by atoms with van der Waals surface area (Å²) in [7, 11) is 0. The Morgan fingerprint density at radius 1 is 0.597 bits per heavy atom. The van der Waals surface area contributed by atoms with E-state index in [4.69, 9.17) is 0 Å². The molecule has 8 aliphatic rings. The normalized spacial score (nSPS) is 20.2. The third-order valence-corrected chi connectivity index (χ3v) is 13.5. The predicted octanol–water partition coefficient (Wildman–Crippen LogP) is 15.0. The lowest BCUT2D eigenvalue weighted by Gasteiger charge is -2.22. The third-order valence-electron chi connectivity index (χ3n) is 12.3. The maximum Gasteiger partial charge on any atom is 0.0897 e. The third kappa shape index (κ3) is 6.09. The lowest BCUT2D eigenvalue weighted by atomic mass is 9.89. The monoisotopic (exact) mass is 803 g/mol. The highest BCUT2D eigenvalue weighted by molar-refractivity contribution is 8.07. The summed E-state index contributed by atoms with van der Waals surface area (Å²) >= 11 is 1.81. The van der Waals surface area contributed by atoms with Crippen molar-refractivity contribution in [1.82, 2.24) is 4.57 Å². The first-order valence-electron chi connectivity index (χ1n) is 21.2. The van der Waals surface area contributed by atoms with E-state index in [0.717, 1.165) is 94.9 Å². The molecule has 1 unspecified atom stereocenters. The molecule has 4 aromatic rings. The van der Waals surface area contributed by atoms with E-state index in [1.807, 2.05) is 36.1 Å². The van der Waals surface area contributed by atoms with Crippen molar-refractivity contribution in [3.8, 4) is 0 Å². The summed E-state index contributed by atoms with van der Waals surface area (Å²) in [5.74, 6) is 0.496. The van der Waals surface area contributed by atoms with Gasteiger partial charge in [0, 0.05) is 60.3 Å². The van der Waals surface area contributed by atoms with Gasteiger partial charge in [-0.3, -0.25) is 0 Å². The van der Waals surface area contributed by atoms with E-state index in [1.54, 1.807) is 0 Å². The highest BCUT2D eigenvalue weighted by Gasteiger charge is 2.27.